The molecule has 11 heteroatoms. The Balaban J connectivity index is 1.61. The van der Waals surface area contributed by atoms with Gasteiger partial charge < -0.3 is 9.47 Å². The molecule has 2 N–H and O–H groups in total. The number of hydrazine groups is 1. The predicted octanol–water partition coefficient (Wildman–Crippen LogP) is 2.75. The van der Waals surface area contributed by atoms with Gasteiger partial charge in [-0.1, -0.05) is 0 Å². The smallest absolute Gasteiger partial charge is 0.261 e. The van der Waals surface area contributed by atoms with E-state index in [1.807, 2.05) is 0 Å². The summed E-state index contributed by atoms with van der Waals surface area (Å²) in [6.07, 6.45) is 1.62. The van der Waals surface area contributed by atoms with Crippen molar-refractivity contribution in [1.29, 1.82) is 0 Å². The van der Waals surface area contributed by atoms with Gasteiger partial charge in [-0.2, -0.15) is 0 Å². The Kier molecular flexibility index (Phi) is 6.63. The molecule has 31 heavy (non-hydrogen) atoms. The van der Waals surface area contributed by atoms with Crippen LogP contribution in [0.25, 0.3) is 10.9 Å². The molecule has 0 spiro atoms. The van der Waals surface area contributed by atoms with Gasteiger partial charge in [-0.25, -0.2) is 18.2 Å². The number of amides is 1. The molecule has 164 valence electrons. The van der Waals surface area contributed by atoms with Crippen LogP contribution >= 0.6 is 0 Å². The fourth-order valence-electron chi connectivity index (χ4n) is 2.88. The fourth-order valence-corrected chi connectivity index (χ4v) is 2.88. The van der Waals surface area contributed by atoms with Crippen LogP contribution in [0, 0.1) is 17.5 Å². The molecule has 0 aliphatic rings. The number of fused-ring (bicyclic) bond motifs is 1. The maximum atomic E-state index is 13.6. The lowest BCUT2D eigenvalue weighted by Crippen LogP contribution is -2.30. The highest BCUT2D eigenvalue weighted by molar-refractivity contribution is 5.81. The monoisotopic (exact) mass is 436 g/mol. The highest BCUT2D eigenvalue weighted by Gasteiger charge is 2.14. The molecule has 0 saturated heterocycles. The molecular weight excluding hydrogens is 417 g/mol. The summed E-state index contributed by atoms with van der Waals surface area (Å²) in [7, 11) is 2.93. The van der Waals surface area contributed by atoms with Crippen LogP contribution < -0.4 is 25.9 Å². The van der Waals surface area contributed by atoms with Crippen molar-refractivity contribution >= 4 is 22.5 Å². The number of benzene rings is 2. The first-order chi connectivity index (χ1) is 14.8. The summed E-state index contributed by atoms with van der Waals surface area (Å²) >= 11 is 0. The third kappa shape index (κ3) is 4.71. The molecule has 0 fully saturated rings. The van der Waals surface area contributed by atoms with E-state index in [-0.39, 0.29) is 24.9 Å². The van der Waals surface area contributed by atoms with E-state index in [1.165, 1.54) is 31.2 Å². The Bertz CT molecular complexity index is 1180. The molecule has 0 saturated carbocycles. The van der Waals surface area contributed by atoms with Crippen molar-refractivity contribution in [2.75, 3.05) is 19.6 Å². The molecular formula is C20H19F3N4O4. The van der Waals surface area contributed by atoms with Crippen LogP contribution in [0.3, 0.4) is 0 Å². The summed E-state index contributed by atoms with van der Waals surface area (Å²) in [5.74, 6) is -4.11. The summed E-state index contributed by atoms with van der Waals surface area (Å²) in [6, 6.07) is 4.82. The Morgan fingerprint density at radius 3 is 2.52 bits per heavy atom. The van der Waals surface area contributed by atoms with Gasteiger partial charge in [-0.3, -0.25) is 25.0 Å². The number of anilines is 1. The summed E-state index contributed by atoms with van der Waals surface area (Å²) in [6.45, 7) is 0.197. The lowest BCUT2D eigenvalue weighted by atomic mass is 10.2. The number of methoxy groups -OCH3 is 2. The minimum Gasteiger partial charge on any atom is -0.493 e. The van der Waals surface area contributed by atoms with Gasteiger partial charge in [0.1, 0.15) is 0 Å². The second-order valence-corrected chi connectivity index (χ2v) is 6.47. The van der Waals surface area contributed by atoms with E-state index < -0.39 is 29.0 Å². The zero-order chi connectivity index (χ0) is 22.5. The van der Waals surface area contributed by atoms with Gasteiger partial charge in [0.2, 0.25) is 5.91 Å². The van der Waals surface area contributed by atoms with Gasteiger partial charge in [-0.15, -0.1) is 0 Å². The number of nitrogens with one attached hydrogen (secondary N) is 2. The SMILES string of the molecule is COc1cc2ncn(CCCC(=O)NNc3ccc(F)c(F)c3F)c(=O)c2cc1OC. The number of carbonyl (C=O) groups excluding carboxylic acids is 1. The molecule has 3 aromatic rings. The van der Waals surface area contributed by atoms with Crippen LogP contribution in [-0.2, 0) is 11.3 Å². The van der Waals surface area contributed by atoms with Crippen LogP contribution in [0.2, 0.25) is 0 Å². The number of halogens is 3. The molecule has 0 bridgehead atoms. The molecule has 0 aliphatic heterocycles. The summed E-state index contributed by atoms with van der Waals surface area (Å²) < 4.78 is 51.4. The van der Waals surface area contributed by atoms with Crippen molar-refractivity contribution in [3.05, 3.63) is 58.4 Å². The third-order valence-corrected chi connectivity index (χ3v) is 4.50. The molecule has 1 heterocycles. The lowest BCUT2D eigenvalue weighted by molar-refractivity contribution is -0.120. The van der Waals surface area contributed by atoms with Crippen LogP contribution in [-0.4, -0.2) is 29.7 Å². The first-order valence-electron chi connectivity index (χ1n) is 9.15. The van der Waals surface area contributed by atoms with Crippen LogP contribution in [0.1, 0.15) is 12.8 Å². The van der Waals surface area contributed by atoms with Crippen LogP contribution in [0.4, 0.5) is 18.9 Å². The lowest BCUT2D eigenvalue weighted by Gasteiger charge is -2.11. The molecule has 1 amide bonds. The van der Waals surface area contributed by atoms with Gasteiger partial charge in [-0.05, 0) is 24.6 Å². The second kappa shape index (κ2) is 9.37. The van der Waals surface area contributed by atoms with Gasteiger partial charge in [0.15, 0.2) is 29.0 Å². The van der Waals surface area contributed by atoms with E-state index in [9.17, 15) is 22.8 Å². The molecule has 2 aromatic carbocycles. The first-order valence-corrected chi connectivity index (χ1v) is 9.15. The van der Waals surface area contributed by atoms with Crippen LogP contribution in [0.5, 0.6) is 11.5 Å². The number of nitrogens with zero attached hydrogens (tertiary/aromatic N) is 2. The molecule has 0 aliphatic carbocycles. The van der Waals surface area contributed by atoms with Crippen LogP contribution in [0.15, 0.2) is 35.4 Å². The van der Waals surface area contributed by atoms with Crippen molar-refractivity contribution in [2.24, 2.45) is 0 Å². The standard InChI is InChI=1S/C20H19F3N4O4/c1-30-15-8-11-14(9-16(15)31-2)24-10-27(20(11)29)7-3-4-17(28)26-25-13-6-5-12(21)18(22)19(13)23/h5-6,8-10,25H,3-4,7H2,1-2H3,(H,26,28). The Morgan fingerprint density at radius 1 is 1.10 bits per heavy atom. The number of ether oxygens (including phenoxy) is 2. The summed E-state index contributed by atoms with van der Waals surface area (Å²) in [4.78, 5) is 28.8. The van der Waals surface area contributed by atoms with E-state index in [2.05, 4.69) is 15.8 Å². The Morgan fingerprint density at radius 2 is 1.81 bits per heavy atom. The number of rotatable bonds is 8. The second-order valence-electron chi connectivity index (χ2n) is 6.47. The van der Waals surface area contributed by atoms with E-state index in [4.69, 9.17) is 9.47 Å². The first kappa shape index (κ1) is 21.9. The topological polar surface area (TPSA) is 94.5 Å². The van der Waals surface area contributed by atoms with Gasteiger partial charge >= 0.3 is 0 Å². The molecule has 3 rings (SSSR count). The highest BCUT2D eigenvalue weighted by Crippen LogP contribution is 2.29. The maximum absolute atomic E-state index is 13.6. The molecule has 8 nitrogen and oxygen atoms in total. The predicted molar refractivity (Wildman–Crippen MR) is 106 cm³/mol. The van der Waals surface area contributed by atoms with Crippen molar-refractivity contribution in [3.8, 4) is 11.5 Å². The quantitative estimate of drug-likeness (QED) is 0.417. The van der Waals surface area contributed by atoms with E-state index >= 15 is 0 Å². The van der Waals surface area contributed by atoms with Gasteiger partial charge in [0, 0.05) is 19.0 Å². The minimum atomic E-state index is -1.64. The zero-order valence-corrected chi connectivity index (χ0v) is 16.7. The largest absolute Gasteiger partial charge is 0.493 e. The van der Waals surface area contributed by atoms with Gasteiger partial charge in [0.05, 0.1) is 37.1 Å². The fraction of sp³-hybridized carbons (Fsp3) is 0.250. The zero-order valence-electron chi connectivity index (χ0n) is 16.7. The molecule has 0 atom stereocenters. The number of aromatic nitrogens is 2. The normalized spacial score (nSPS) is 10.7. The van der Waals surface area contributed by atoms with E-state index in [0.29, 0.717) is 22.4 Å². The molecule has 0 radical (unpaired) electrons. The number of hydrogen-bond donors (Lipinski definition) is 2. The van der Waals surface area contributed by atoms with Crippen molar-refractivity contribution in [3.63, 3.8) is 0 Å². The number of carbonyl (C=O) groups is 1. The Hall–Kier alpha value is -3.76. The molecule has 1 aromatic heterocycles. The highest BCUT2D eigenvalue weighted by atomic mass is 19.2. The van der Waals surface area contributed by atoms with Gasteiger partial charge in [0.25, 0.3) is 5.56 Å². The number of hydrogen-bond acceptors (Lipinski definition) is 6. The average Bonchev–Trinajstić information content (AvgIpc) is 2.77. The van der Waals surface area contributed by atoms with E-state index in [0.717, 1.165) is 12.1 Å². The third-order valence-electron chi connectivity index (χ3n) is 4.50. The van der Waals surface area contributed by atoms with Crippen molar-refractivity contribution in [1.82, 2.24) is 15.0 Å². The average molecular weight is 436 g/mol. The molecule has 0 unspecified atom stereocenters. The van der Waals surface area contributed by atoms with Crippen molar-refractivity contribution < 1.29 is 27.4 Å². The maximum Gasteiger partial charge on any atom is 0.261 e. The minimum absolute atomic E-state index is 0.0191. The Labute approximate surface area is 174 Å². The number of aryl methyl sites for hydroxylation is 1. The van der Waals surface area contributed by atoms with E-state index in [1.54, 1.807) is 6.07 Å². The summed E-state index contributed by atoms with van der Waals surface area (Å²) in [5.41, 5.74) is 4.11. The summed E-state index contributed by atoms with van der Waals surface area (Å²) in [5, 5.41) is 0.333. The van der Waals surface area contributed by atoms with Crippen molar-refractivity contribution in [2.45, 2.75) is 19.4 Å².